The van der Waals surface area contributed by atoms with Crippen molar-refractivity contribution in [3.8, 4) is 5.75 Å². The molecule has 1 unspecified atom stereocenters. The lowest BCUT2D eigenvalue weighted by Gasteiger charge is -2.33. The Morgan fingerprint density at radius 2 is 2.11 bits per heavy atom. The highest BCUT2D eigenvalue weighted by Crippen LogP contribution is 2.22. The summed E-state index contributed by atoms with van der Waals surface area (Å²) >= 11 is 0. The van der Waals surface area contributed by atoms with Gasteiger partial charge in [0.05, 0.1) is 13.5 Å². The number of carbonyl (C=O) groups is 2. The second-order valence-electron chi connectivity index (χ2n) is 7.78. The van der Waals surface area contributed by atoms with Crippen LogP contribution in [0.4, 0.5) is 4.79 Å². The number of ether oxygens (including phenoxy) is 2. The van der Waals surface area contributed by atoms with Crippen LogP contribution in [0.2, 0.25) is 0 Å². The van der Waals surface area contributed by atoms with Crippen molar-refractivity contribution in [3.05, 3.63) is 35.9 Å². The Labute approximate surface area is 161 Å². The van der Waals surface area contributed by atoms with Crippen LogP contribution >= 0.6 is 0 Å². The minimum absolute atomic E-state index is 0.0187. The molecule has 0 spiro atoms. The first-order valence-electron chi connectivity index (χ1n) is 9.28. The molecule has 27 heavy (non-hydrogen) atoms. The van der Waals surface area contributed by atoms with Crippen molar-refractivity contribution >= 4 is 18.1 Å². The normalized spacial score (nSPS) is 17.2. The van der Waals surface area contributed by atoms with Gasteiger partial charge >= 0.3 is 6.09 Å². The van der Waals surface area contributed by atoms with E-state index in [4.69, 9.17) is 9.47 Å². The highest BCUT2D eigenvalue weighted by atomic mass is 16.6. The molecule has 0 radical (unpaired) electrons. The van der Waals surface area contributed by atoms with Crippen molar-refractivity contribution in [1.82, 2.24) is 10.2 Å². The molecule has 1 aliphatic rings. The van der Waals surface area contributed by atoms with Crippen LogP contribution in [0, 0.1) is 0 Å². The number of nitrogens with zero attached hydrogens (tertiary/aromatic N) is 1. The van der Waals surface area contributed by atoms with Gasteiger partial charge in [0.2, 0.25) is 5.91 Å². The maximum absolute atomic E-state index is 12.8. The van der Waals surface area contributed by atoms with Crippen molar-refractivity contribution in [1.29, 1.82) is 0 Å². The molecule has 0 bridgehead atoms. The van der Waals surface area contributed by atoms with Crippen molar-refractivity contribution in [2.45, 2.75) is 51.7 Å². The second kappa shape index (κ2) is 8.93. The van der Waals surface area contributed by atoms with Gasteiger partial charge in [-0.15, -0.1) is 0 Å². The van der Waals surface area contributed by atoms with Crippen LogP contribution < -0.4 is 10.1 Å². The molecule has 1 aliphatic heterocycles. The lowest BCUT2D eigenvalue weighted by Crippen LogP contribution is -2.50. The van der Waals surface area contributed by atoms with Crippen LogP contribution in [0.3, 0.4) is 0 Å². The maximum Gasteiger partial charge on any atom is 0.407 e. The first-order chi connectivity index (χ1) is 12.7. The van der Waals surface area contributed by atoms with Crippen LogP contribution in [-0.2, 0) is 16.0 Å². The summed E-state index contributed by atoms with van der Waals surface area (Å²) in [4.78, 5) is 26.6. The fraction of sp³-hybridized carbons (Fsp3) is 0.524. The molecular weight excluding hydrogens is 344 g/mol. The number of piperidine rings is 1. The predicted molar refractivity (Wildman–Crippen MR) is 106 cm³/mol. The molecule has 148 valence electrons. The Hall–Kier alpha value is -2.50. The number of benzene rings is 1. The summed E-state index contributed by atoms with van der Waals surface area (Å²) in [5.41, 5.74) is 1.24. The van der Waals surface area contributed by atoms with Gasteiger partial charge in [0.1, 0.15) is 11.4 Å². The standard InChI is InChI=1S/C21H30N2O4/c1-6-15-9-10-18(26-5)16(12-15)13-19(24)23-11-7-8-17(14-23)22-20(25)27-21(2,3)4/h6,9-10,12,17H,1,7-8,11,13-14H2,2-5H3,(H,22,25). The molecule has 1 N–H and O–H groups in total. The van der Waals surface area contributed by atoms with Crippen molar-refractivity contribution in [2.75, 3.05) is 20.2 Å². The molecule has 0 saturated carbocycles. The van der Waals surface area contributed by atoms with E-state index in [9.17, 15) is 9.59 Å². The van der Waals surface area contributed by atoms with Gasteiger partial charge in [0.25, 0.3) is 0 Å². The molecule has 6 heteroatoms. The Balaban J connectivity index is 1.98. The SMILES string of the molecule is C=Cc1ccc(OC)c(CC(=O)N2CCCC(NC(=O)OC(C)(C)C)C2)c1. The number of nitrogens with one attached hydrogen (secondary N) is 1. The molecular formula is C21H30N2O4. The largest absolute Gasteiger partial charge is 0.496 e. The summed E-state index contributed by atoms with van der Waals surface area (Å²) in [6.07, 6.45) is 3.23. The highest BCUT2D eigenvalue weighted by molar-refractivity contribution is 5.80. The van der Waals surface area contributed by atoms with Gasteiger partial charge in [-0.05, 0) is 51.3 Å². The lowest BCUT2D eigenvalue weighted by molar-refractivity contribution is -0.131. The van der Waals surface area contributed by atoms with Gasteiger partial charge in [-0.2, -0.15) is 0 Å². The minimum atomic E-state index is -0.541. The Kier molecular flexibility index (Phi) is 6.88. The Morgan fingerprint density at radius 3 is 2.74 bits per heavy atom. The number of amides is 2. The van der Waals surface area contributed by atoms with Crippen molar-refractivity contribution in [2.24, 2.45) is 0 Å². The van der Waals surface area contributed by atoms with Gasteiger partial charge < -0.3 is 19.7 Å². The zero-order valence-corrected chi connectivity index (χ0v) is 16.7. The van der Waals surface area contributed by atoms with E-state index in [1.807, 2.05) is 39.0 Å². The Bertz CT molecular complexity index is 694. The number of hydrogen-bond donors (Lipinski definition) is 1. The number of likely N-dealkylation sites (tertiary alicyclic amines) is 1. The second-order valence-corrected chi connectivity index (χ2v) is 7.78. The van der Waals surface area contributed by atoms with Gasteiger partial charge in [0, 0.05) is 24.7 Å². The molecule has 1 saturated heterocycles. The summed E-state index contributed by atoms with van der Waals surface area (Å²) in [6, 6.07) is 5.58. The van der Waals surface area contributed by atoms with E-state index in [0.29, 0.717) is 18.8 Å². The minimum Gasteiger partial charge on any atom is -0.496 e. The van der Waals surface area contributed by atoms with E-state index in [2.05, 4.69) is 11.9 Å². The van der Waals surface area contributed by atoms with Crippen LogP contribution in [0.25, 0.3) is 6.08 Å². The zero-order chi connectivity index (χ0) is 20.0. The first-order valence-corrected chi connectivity index (χ1v) is 9.28. The van der Waals surface area contributed by atoms with Crippen LogP contribution in [-0.4, -0.2) is 48.7 Å². The third-order valence-electron chi connectivity index (χ3n) is 4.38. The van der Waals surface area contributed by atoms with Crippen molar-refractivity contribution in [3.63, 3.8) is 0 Å². The molecule has 1 fully saturated rings. The highest BCUT2D eigenvalue weighted by Gasteiger charge is 2.27. The number of rotatable bonds is 5. The zero-order valence-electron chi connectivity index (χ0n) is 16.7. The van der Waals surface area contributed by atoms with E-state index in [1.165, 1.54) is 0 Å². The smallest absolute Gasteiger partial charge is 0.407 e. The number of hydrogen-bond acceptors (Lipinski definition) is 4. The van der Waals surface area contributed by atoms with Crippen molar-refractivity contribution < 1.29 is 19.1 Å². The molecule has 1 heterocycles. The fourth-order valence-corrected chi connectivity index (χ4v) is 3.13. The molecule has 0 aliphatic carbocycles. The van der Waals surface area contributed by atoms with Gasteiger partial charge in [-0.25, -0.2) is 4.79 Å². The average Bonchev–Trinajstić information content (AvgIpc) is 2.60. The quantitative estimate of drug-likeness (QED) is 0.858. The number of alkyl carbamates (subject to hydrolysis) is 1. The van der Waals surface area contributed by atoms with Gasteiger partial charge in [0.15, 0.2) is 0 Å². The summed E-state index contributed by atoms with van der Waals surface area (Å²) in [7, 11) is 1.60. The molecule has 2 rings (SSSR count). The van der Waals surface area contributed by atoms with E-state index < -0.39 is 11.7 Å². The van der Waals surface area contributed by atoms with Gasteiger partial charge in [-0.3, -0.25) is 4.79 Å². The third-order valence-corrected chi connectivity index (χ3v) is 4.38. The number of methoxy groups -OCH3 is 1. The third kappa shape index (κ3) is 6.31. The van der Waals surface area contributed by atoms with Crippen LogP contribution in [0.1, 0.15) is 44.7 Å². The lowest BCUT2D eigenvalue weighted by atomic mass is 10.0. The first kappa shape index (κ1) is 20.8. The fourth-order valence-electron chi connectivity index (χ4n) is 3.13. The molecule has 0 aromatic heterocycles. The van der Waals surface area contributed by atoms with E-state index in [1.54, 1.807) is 18.1 Å². The molecule has 6 nitrogen and oxygen atoms in total. The van der Waals surface area contributed by atoms with E-state index >= 15 is 0 Å². The average molecular weight is 374 g/mol. The van der Waals surface area contributed by atoms with Gasteiger partial charge in [-0.1, -0.05) is 18.7 Å². The van der Waals surface area contributed by atoms with Crippen LogP contribution in [0.15, 0.2) is 24.8 Å². The van der Waals surface area contributed by atoms with E-state index in [0.717, 1.165) is 24.0 Å². The Morgan fingerprint density at radius 1 is 1.37 bits per heavy atom. The van der Waals surface area contributed by atoms with E-state index in [-0.39, 0.29) is 18.4 Å². The van der Waals surface area contributed by atoms with Crippen LogP contribution in [0.5, 0.6) is 5.75 Å². The monoisotopic (exact) mass is 374 g/mol. The molecule has 1 atom stereocenters. The summed E-state index contributed by atoms with van der Waals surface area (Å²) < 4.78 is 10.7. The predicted octanol–water partition coefficient (Wildman–Crippen LogP) is 3.40. The molecule has 1 aromatic rings. The summed E-state index contributed by atoms with van der Waals surface area (Å²) in [5, 5.41) is 2.87. The molecule has 1 aromatic carbocycles. The number of carbonyl (C=O) groups excluding carboxylic acids is 2. The maximum atomic E-state index is 12.8. The topological polar surface area (TPSA) is 67.9 Å². The summed E-state index contributed by atoms with van der Waals surface area (Å²) in [6.45, 7) is 10.4. The summed E-state index contributed by atoms with van der Waals surface area (Å²) in [5.74, 6) is 0.708. The molecule has 2 amide bonds.